The van der Waals surface area contributed by atoms with E-state index in [2.05, 4.69) is 206 Å². The van der Waals surface area contributed by atoms with E-state index < -0.39 is 0 Å². The lowest BCUT2D eigenvalue weighted by Gasteiger charge is -2.19. The van der Waals surface area contributed by atoms with Crippen molar-refractivity contribution in [2.75, 3.05) is 0 Å². The lowest BCUT2D eigenvalue weighted by Crippen LogP contribution is -2.00. The number of para-hydroxylation sites is 2. The van der Waals surface area contributed by atoms with Gasteiger partial charge in [-0.2, -0.15) is 5.26 Å². The number of nitrogens with zero attached hydrogens (tertiary/aromatic N) is 4. The topological polar surface area (TPSA) is 38.0 Å². The fourth-order valence-corrected chi connectivity index (χ4v) is 10.2. The van der Waals surface area contributed by atoms with E-state index in [1.165, 1.54) is 60.7 Å². The summed E-state index contributed by atoms with van der Waals surface area (Å²) in [5.41, 5.74) is 22.2. The molecule has 11 rings (SSSR count). The summed E-state index contributed by atoms with van der Waals surface area (Å²) in [6, 6.07) is 65.3. The maximum Gasteiger partial charge on any atom is 0.195 e. The largest absolute Gasteiger partial charge is 0.309 e. The van der Waals surface area contributed by atoms with Gasteiger partial charge in [-0.1, -0.05) is 114 Å². The second-order valence-corrected chi connectivity index (χ2v) is 17.5. The Morgan fingerprint density at radius 2 is 0.923 bits per heavy atom. The molecule has 11 aromatic rings. The van der Waals surface area contributed by atoms with Crippen LogP contribution in [0.4, 0.5) is 5.69 Å². The van der Waals surface area contributed by atoms with Crippen LogP contribution in [0.1, 0.15) is 33.4 Å². The van der Waals surface area contributed by atoms with Gasteiger partial charge < -0.3 is 9.13 Å². The van der Waals surface area contributed by atoms with Crippen LogP contribution in [0.5, 0.6) is 0 Å². The van der Waals surface area contributed by atoms with Gasteiger partial charge in [-0.3, -0.25) is 0 Å². The molecule has 4 heteroatoms. The highest BCUT2D eigenvalue weighted by molar-refractivity contribution is 6.12. The molecule has 0 radical (unpaired) electrons. The highest BCUT2D eigenvalue weighted by Gasteiger charge is 2.22. The van der Waals surface area contributed by atoms with E-state index >= 15 is 0 Å². The molecule has 2 aromatic heterocycles. The Morgan fingerprint density at radius 3 is 1.49 bits per heavy atom. The Bertz CT molecular complexity index is 3860. The van der Waals surface area contributed by atoms with E-state index in [4.69, 9.17) is 6.57 Å². The van der Waals surface area contributed by atoms with Crippen molar-refractivity contribution in [3.05, 3.63) is 221 Å². The molecule has 308 valence electrons. The number of hydrogen-bond acceptors (Lipinski definition) is 1. The number of nitriles is 1. The number of benzene rings is 9. The molecule has 4 nitrogen and oxygen atoms in total. The van der Waals surface area contributed by atoms with E-state index in [9.17, 15) is 5.26 Å². The maximum atomic E-state index is 9.73. The SMILES string of the molecule is [C-]#[N+]c1ccc(-n2c3ccccc3c3cc(-c4ccc(C)cc4C)ccc32)cc1-c1cc(-c2ccc(C#N)cc2C)ccc1-n1c2ccccc2c2cc(-c3ccc(C)cc3C)ccc21. The number of aromatic nitrogens is 2. The Balaban J connectivity index is 1.17. The van der Waals surface area contributed by atoms with Gasteiger partial charge in [-0.25, -0.2) is 4.85 Å². The Kier molecular flexibility index (Phi) is 9.35. The molecular formula is C61H44N4. The van der Waals surface area contributed by atoms with Crippen molar-refractivity contribution >= 4 is 49.3 Å². The van der Waals surface area contributed by atoms with Crippen LogP contribution in [0.25, 0.3) is 104 Å². The standard InChI is InChI=1S/C61H44N4/c1-37-15-22-47(39(3)29-37)43-18-26-59-53(32-43)50-11-7-9-13-57(50)64(59)46-21-25-56(63-6)52(35-46)55-34-45(49-24-17-42(36-62)31-41(49)5)20-28-61(55)65-58-14-10-8-12-51(58)54-33-44(19-27-60(54)65)48-23-16-38(2)30-40(48)4/h7-35H,1-5H3. The minimum absolute atomic E-state index is 0.569. The van der Waals surface area contributed by atoms with Crippen LogP contribution in [0.2, 0.25) is 0 Å². The third-order valence-corrected chi connectivity index (χ3v) is 13.3. The van der Waals surface area contributed by atoms with E-state index in [1.54, 1.807) is 0 Å². The van der Waals surface area contributed by atoms with E-state index in [1.807, 2.05) is 24.3 Å². The molecule has 0 amide bonds. The number of hydrogen-bond donors (Lipinski definition) is 0. The number of fused-ring (bicyclic) bond motifs is 6. The third kappa shape index (κ3) is 6.50. The molecule has 2 heterocycles. The van der Waals surface area contributed by atoms with Gasteiger partial charge in [-0.05, 0) is 169 Å². The van der Waals surface area contributed by atoms with Crippen LogP contribution in [-0.2, 0) is 0 Å². The first-order valence-corrected chi connectivity index (χ1v) is 22.1. The van der Waals surface area contributed by atoms with Crippen LogP contribution in [0, 0.1) is 52.5 Å². The first-order valence-electron chi connectivity index (χ1n) is 22.1. The predicted molar refractivity (Wildman–Crippen MR) is 272 cm³/mol. The summed E-state index contributed by atoms with van der Waals surface area (Å²) >= 11 is 0. The predicted octanol–water partition coefficient (Wildman–Crippen LogP) is 16.5. The van der Waals surface area contributed by atoms with E-state index in [-0.39, 0.29) is 0 Å². The van der Waals surface area contributed by atoms with Crippen molar-refractivity contribution in [2.24, 2.45) is 0 Å². The summed E-state index contributed by atoms with van der Waals surface area (Å²) in [5.74, 6) is 0. The van der Waals surface area contributed by atoms with Gasteiger partial charge in [0.2, 0.25) is 0 Å². The van der Waals surface area contributed by atoms with Gasteiger partial charge in [0, 0.05) is 27.2 Å². The summed E-state index contributed by atoms with van der Waals surface area (Å²) in [5, 5.41) is 14.4. The van der Waals surface area contributed by atoms with Gasteiger partial charge in [0.1, 0.15) is 0 Å². The summed E-state index contributed by atoms with van der Waals surface area (Å²) in [7, 11) is 0. The molecule has 0 saturated heterocycles. The van der Waals surface area contributed by atoms with Gasteiger partial charge in [0.15, 0.2) is 5.69 Å². The quantitative estimate of drug-likeness (QED) is 0.154. The zero-order valence-electron chi connectivity index (χ0n) is 37.0. The van der Waals surface area contributed by atoms with Crippen molar-refractivity contribution in [3.8, 4) is 62.0 Å². The van der Waals surface area contributed by atoms with Gasteiger partial charge in [0.25, 0.3) is 0 Å². The van der Waals surface area contributed by atoms with Crippen LogP contribution in [-0.4, -0.2) is 9.13 Å². The zero-order valence-corrected chi connectivity index (χ0v) is 37.0. The molecule has 9 aromatic carbocycles. The van der Waals surface area contributed by atoms with Crippen molar-refractivity contribution < 1.29 is 0 Å². The summed E-state index contributed by atoms with van der Waals surface area (Å²) in [6.07, 6.45) is 0. The second-order valence-electron chi connectivity index (χ2n) is 17.5. The molecule has 0 N–H and O–H groups in total. The van der Waals surface area contributed by atoms with E-state index in [0.29, 0.717) is 11.3 Å². The molecule has 0 fully saturated rings. The molecule has 0 aliphatic rings. The third-order valence-electron chi connectivity index (χ3n) is 13.3. The molecule has 0 bridgehead atoms. The van der Waals surface area contributed by atoms with Gasteiger partial charge >= 0.3 is 0 Å². The lowest BCUT2D eigenvalue weighted by molar-refractivity contribution is 1.17. The van der Waals surface area contributed by atoms with Crippen molar-refractivity contribution in [1.29, 1.82) is 5.26 Å². The highest BCUT2D eigenvalue weighted by atomic mass is 15.0. The molecule has 0 aliphatic heterocycles. The lowest BCUT2D eigenvalue weighted by atomic mass is 9.93. The van der Waals surface area contributed by atoms with Crippen molar-refractivity contribution in [2.45, 2.75) is 34.6 Å². The summed E-state index contributed by atoms with van der Waals surface area (Å²) in [4.78, 5) is 4.20. The Labute approximate surface area is 379 Å². The summed E-state index contributed by atoms with van der Waals surface area (Å²) in [6.45, 7) is 19.3. The summed E-state index contributed by atoms with van der Waals surface area (Å²) < 4.78 is 4.72. The average Bonchev–Trinajstić information content (AvgIpc) is 3.83. The highest BCUT2D eigenvalue weighted by Crippen LogP contribution is 2.44. The number of rotatable bonds is 6. The van der Waals surface area contributed by atoms with E-state index in [0.717, 1.165) is 66.6 Å². The van der Waals surface area contributed by atoms with Crippen LogP contribution < -0.4 is 0 Å². The first-order chi connectivity index (χ1) is 31.7. The molecule has 0 saturated carbocycles. The molecule has 65 heavy (non-hydrogen) atoms. The maximum absolute atomic E-state index is 9.73. The van der Waals surface area contributed by atoms with Crippen molar-refractivity contribution in [3.63, 3.8) is 0 Å². The molecule has 0 spiro atoms. The Hall–Kier alpha value is -8.44. The molecular weight excluding hydrogens is 789 g/mol. The fourth-order valence-electron chi connectivity index (χ4n) is 10.2. The fraction of sp³-hybridized carbons (Fsp3) is 0.0820. The van der Waals surface area contributed by atoms with Crippen LogP contribution in [0.3, 0.4) is 0 Å². The van der Waals surface area contributed by atoms with Gasteiger partial charge in [-0.15, -0.1) is 0 Å². The smallest absolute Gasteiger partial charge is 0.195 e. The monoisotopic (exact) mass is 832 g/mol. The average molecular weight is 833 g/mol. The minimum Gasteiger partial charge on any atom is -0.309 e. The van der Waals surface area contributed by atoms with Crippen LogP contribution in [0.15, 0.2) is 176 Å². The zero-order chi connectivity index (χ0) is 44.5. The molecule has 0 aliphatic carbocycles. The first kappa shape index (κ1) is 39.4. The van der Waals surface area contributed by atoms with Gasteiger partial charge in [0.05, 0.1) is 46.0 Å². The Morgan fingerprint density at radius 1 is 0.415 bits per heavy atom. The molecule has 0 unspecified atom stereocenters. The normalized spacial score (nSPS) is 11.4. The number of aryl methyl sites for hydroxylation is 5. The second kappa shape index (κ2) is 15.4. The minimum atomic E-state index is 0.569. The van der Waals surface area contributed by atoms with Crippen LogP contribution >= 0.6 is 0 Å². The van der Waals surface area contributed by atoms with Crippen molar-refractivity contribution in [1.82, 2.24) is 9.13 Å². The molecule has 0 atom stereocenters.